The summed E-state index contributed by atoms with van der Waals surface area (Å²) < 4.78 is 8.04. The van der Waals surface area contributed by atoms with Crippen molar-refractivity contribution in [2.24, 2.45) is 0 Å². The Morgan fingerprint density at radius 1 is 1.25 bits per heavy atom. The number of nitrogens with zero attached hydrogens (tertiary/aromatic N) is 2. The van der Waals surface area contributed by atoms with E-state index in [-0.39, 0.29) is 18.2 Å². The number of benzene rings is 2. The number of aromatic nitrogens is 2. The molecule has 3 aromatic rings. The molecule has 0 aliphatic rings. The van der Waals surface area contributed by atoms with Gasteiger partial charge in [0.25, 0.3) is 0 Å². The molecular weight excluding hydrogens is 399 g/mol. The third-order valence-corrected chi connectivity index (χ3v) is 5.05. The van der Waals surface area contributed by atoms with Crippen molar-refractivity contribution in [2.75, 3.05) is 0 Å². The monoisotopic (exact) mass is 418 g/mol. The summed E-state index contributed by atoms with van der Waals surface area (Å²) in [5.74, 6) is -0.492. The lowest BCUT2D eigenvalue weighted by Crippen LogP contribution is -2.12. The van der Waals surface area contributed by atoms with E-state index in [4.69, 9.17) is 27.9 Å². The van der Waals surface area contributed by atoms with Gasteiger partial charge in [-0.05, 0) is 30.7 Å². The molecular formula is C21H20Cl2N2O3. The van der Waals surface area contributed by atoms with Gasteiger partial charge in [-0.3, -0.25) is 0 Å². The highest BCUT2D eigenvalue weighted by molar-refractivity contribution is 6.35. The van der Waals surface area contributed by atoms with E-state index in [2.05, 4.69) is 11.9 Å². The summed E-state index contributed by atoms with van der Waals surface area (Å²) in [6.45, 7) is 2.30. The Hall–Kier alpha value is -2.50. The first-order valence-electron chi connectivity index (χ1n) is 8.91. The summed E-state index contributed by atoms with van der Waals surface area (Å²) in [5, 5.41) is 10.4. The van der Waals surface area contributed by atoms with Crippen LogP contribution in [0.25, 0.3) is 0 Å². The Morgan fingerprint density at radius 2 is 2.07 bits per heavy atom. The Balaban J connectivity index is 1.96. The summed E-state index contributed by atoms with van der Waals surface area (Å²) in [4.78, 5) is 15.6. The van der Waals surface area contributed by atoms with Gasteiger partial charge in [0.2, 0.25) is 0 Å². The molecule has 0 amide bonds. The summed E-state index contributed by atoms with van der Waals surface area (Å²) in [6.07, 6.45) is 7.19. The predicted molar refractivity (Wildman–Crippen MR) is 109 cm³/mol. The van der Waals surface area contributed by atoms with Crippen LogP contribution in [0.4, 0.5) is 0 Å². The Morgan fingerprint density at radius 3 is 2.71 bits per heavy atom. The normalized spacial score (nSPS) is 12.0. The van der Waals surface area contributed by atoms with Gasteiger partial charge in [0.1, 0.15) is 12.4 Å². The van der Waals surface area contributed by atoms with Gasteiger partial charge in [-0.15, -0.1) is 0 Å². The van der Waals surface area contributed by atoms with Crippen LogP contribution in [-0.4, -0.2) is 20.6 Å². The molecule has 2 aromatic carbocycles. The Kier molecular flexibility index (Phi) is 6.60. The largest absolute Gasteiger partial charge is 0.488 e. The minimum Gasteiger partial charge on any atom is -0.488 e. The second-order valence-corrected chi connectivity index (χ2v) is 7.24. The van der Waals surface area contributed by atoms with E-state index >= 15 is 0 Å². The molecule has 7 heteroatoms. The van der Waals surface area contributed by atoms with E-state index in [1.54, 1.807) is 42.9 Å². The first-order valence-corrected chi connectivity index (χ1v) is 9.66. The fraction of sp³-hybridized carbons (Fsp3) is 0.238. The average molecular weight is 419 g/mol. The first-order chi connectivity index (χ1) is 13.5. The molecule has 0 aliphatic heterocycles. The van der Waals surface area contributed by atoms with E-state index in [1.807, 2.05) is 16.8 Å². The van der Waals surface area contributed by atoms with Crippen molar-refractivity contribution in [2.45, 2.75) is 32.4 Å². The molecule has 28 heavy (non-hydrogen) atoms. The highest BCUT2D eigenvalue weighted by Crippen LogP contribution is 2.33. The van der Waals surface area contributed by atoms with Gasteiger partial charge in [-0.25, -0.2) is 9.78 Å². The highest BCUT2D eigenvalue weighted by Gasteiger charge is 2.19. The molecule has 146 valence electrons. The van der Waals surface area contributed by atoms with Crippen LogP contribution in [-0.2, 0) is 6.61 Å². The smallest absolute Gasteiger partial charge is 0.335 e. The number of carboxylic acid groups (broad SMARTS) is 1. The molecule has 1 heterocycles. The van der Waals surface area contributed by atoms with Crippen molar-refractivity contribution in [1.82, 2.24) is 9.55 Å². The number of hydrogen-bond donors (Lipinski definition) is 1. The van der Waals surface area contributed by atoms with Gasteiger partial charge in [0.15, 0.2) is 0 Å². The molecule has 1 unspecified atom stereocenters. The van der Waals surface area contributed by atoms with Crippen molar-refractivity contribution < 1.29 is 14.6 Å². The predicted octanol–water partition coefficient (Wildman–Crippen LogP) is 5.86. The minimum atomic E-state index is -1.00. The molecule has 0 spiro atoms. The third-order valence-electron chi connectivity index (χ3n) is 4.46. The summed E-state index contributed by atoms with van der Waals surface area (Å²) in [7, 11) is 0. The quantitative estimate of drug-likeness (QED) is 0.497. The number of halogens is 2. The fourth-order valence-electron chi connectivity index (χ4n) is 3.05. The molecule has 3 rings (SSSR count). The average Bonchev–Trinajstić information content (AvgIpc) is 3.20. The van der Waals surface area contributed by atoms with Crippen LogP contribution < -0.4 is 4.74 Å². The highest BCUT2D eigenvalue weighted by atomic mass is 35.5. The Bertz CT molecular complexity index is 958. The van der Waals surface area contributed by atoms with Crippen molar-refractivity contribution in [1.29, 1.82) is 0 Å². The van der Waals surface area contributed by atoms with E-state index < -0.39 is 5.97 Å². The van der Waals surface area contributed by atoms with Crippen LogP contribution in [0.5, 0.6) is 5.75 Å². The molecule has 0 radical (unpaired) electrons. The number of rotatable bonds is 8. The molecule has 5 nitrogen and oxygen atoms in total. The van der Waals surface area contributed by atoms with Crippen molar-refractivity contribution in [3.63, 3.8) is 0 Å². The van der Waals surface area contributed by atoms with Gasteiger partial charge < -0.3 is 14.4 Å². The van der Waals surface area contributed by atoms with E-state index in [9.17, 15) is 9.90 Å². The molecule has 1 N–H and O–H groups in total. The molecule has 0 bridgehead atoms. The molecule has 0 saturated carbocycles. The minimum absolute atomic E-state index is 0.00830. The van der Waals surface area contributed by atoms with Crippen LogP contribution in [0, 0.1) is 0 Å². The SMILES string of the molecule is CCCC(c1ccc(C(=O)O)cc1OCc1ccc(Cl)cc1Cl)n1ccnc1. The second-order valence-electron chi connectivity index (χ2n) is 6.40. The number of carbonyl (C=O) groups is 1. The van der Waals surface area contributed by atoms with Crippen molar-refractivity contribution >= 4 is 29.2 Å². The van der Waals surface area contributed by atoms with Crippen LogP contribution in [0.3, 0.4) is 0 Å². The Labute approximate surface area is 173 Å². The van der Waals surface area contributed by atoms with Crippen LogP contribution in [0.2, 0.25) is 10.0 Å². The number of hydrogen-bond acceptors (Lipinski definition) is 3. The zero-order valence-corrected chi connectivity index (χ0v) is 16.8. The number of carboxylic acids is 1. The number of imidazole rings is 1. The van der Waals surface area contributed by atoms with Gasteiger partial charge in [-0.1, -0.05) is 48.7 Å². The van der Waals surface area contributed by atoms with E-state index in [1.165, 1.54) is 0 Å². The maximum absolute atomic E-state index is 11.4. The maximum atomic E-state index is 11.4. The molecule has 1 atom stereocenters. The van der Waals surface area contributed by atoms with Crippen LogP contribution in [0.15, 0.2) is 55.1 Å². The first kappa shape index (κ1) is 20.2. The lowest BCUT2D eigenvalue weighted by atomic mass is 9.99. The van der Waals surface area contributed by atoms with Gasteiger partial charge in [-0.2, -0.15) is 0 Å². The maximum Gasteiger partial charge on any atom is 0.335 e. The summed E-state index contributed by atoms with van der Waals surface area (Å²) >= 11 is 12.2. The third kappa shape index (κ3) is 4.66. The lowest BCUT2D eigenvalue weighted by Gasteiger charge is -2.22. The number of ether oxygens (including phenoxy) is 1. The topological polar surface area (TPSA) is 64.3 Å². The summed E-state index contributed by atoms with van der Waals surface area (Å²) in [6, 6.07) is 10.1. The van der Waals surface area contributed by atoms with E-state index in [0.29, 0.717) is 15.8 Å². The molecule has 0 aliphatic carbocycles. The van der Waals surface area contributed by atoms with Gasteiger partial charge in [0.05, 0.1) is 17.9 Å². The standard InChI is InChI=1S/C21H20Cl2N2O3/c1-2-3-19(25-9-8-24-13-25)17-7-5-14(21(26)27)10-20(17)28-12-15-4-6-16(22)11-18(15)23/h4-11,13,19H,2-3,12H2,1H3,(H,26,27). The number of aromatic carboxylic acids is 1. The van der Waals surface area contributed by atoms with Gasteiger partial charge in [0, 0.05) is 33.6 Å². The van der Waals surface area contributed by atoms with Crippen LogP contribution in [0.1, 0.15) is 47.3 Å². The van der Waals surface area contributed by atoms with Gasteiger partial charge >= 0.3 is 5.97 Å². The lowest BCUT2D eigenvalue weighted by molar-refractivity contribution is 0.0696. The molecule has 0 saturated heterocycles. The van der Waals surface area contributed by atoms with Crippen LogP contribution >= 0.6 is 23.2 Å². The molecule has 0 fully saturated rings. The second kappa shape index (κ2) is 9.13. The zero-order valence-electron chi connectivity index (χ0n) is 15.3. The molecule has 1 aromatic heterocycles. The van der Waals surface area contributed by atoms with E-state index in [0.717, 1.165) is 24.0 Å². The fourth-order valence-corrected chi connectivity index (χ4v) is 3.52. The van der Waals surface area contributed by atoms with Crippen molar-refractivity contribution in [3.05, 3.63) is 81.9 Å². The van der Waals surface area contributed by atoms with Crippen molar-refractivity contribution in [3.8, 4) is 5.75 Å². The zero-order chi connectivity index (χ0) is 20.1. The summed E-state index contributed by atoms with van der Waals surface area (Å²) in [5.41, 5.74) is 1.84.